The average molecular weight is 810 g/mol. The number of carbonyl (C=O) groups is 3. The van der Waals surface area contributed by atoms with Crippen molar-refractivity contribution < 1.29 is 55.3 Å². The standard InChI is InChI=1S/C40H45F6N3O6S/c1-4-9-31-38(55-27-22-32(56-24-27)40(44,45)46,14-8-19-49(31)34(51)33-29(39(41,42)43)11-7-18-47-33)35(52)48-20-16-37(53,17-21-48)28-10-5-6-12-30(28)54-26-13-15-36(3,23-26)25(2)50/h5-7,10-12,18,22,24,26,31,53H,4,8-9,13-17,19-21,23H2,1-3H3/t26-,31-,36+,38+/m1/s1. The molecule has 2 aromatic heterocycles. The number of alkyl halides is 6. The number of hydrogen-bond acceptors (Lipinski definition) is 8. The summed E-state index contributed by atoms with van der Waals surface area (Å²) in [6.45, 7) is 5.18. The molecule has 4 heterocycles. The summed E-state index contributed by atoms with van der Waals surface area (Å²) in [4.78, 5) is 46.7. The van der Waals surface area contributed by atoms with Crippen LogP contribution < -0.4 is 9.47 Å². The van der Waals surface area contributed by atoms with Gasteiger partial charge in [0, 0.05) is 54.7 Å². The monoisotopic (exact) mass is 809 g/mol. The molecule has 3 fully saturated rings. The molecule has 304 valence electrons. The number of pyridine rings is 1. The highest BCUT2D eigenvalue weighted by molar-refractivity contribution is 7.10. The Morgan fingerprint density at radius 3 is 2.32 bits per heavy atom. The van der Waals surface area contributed by atoms with Crippen molar-refractivity contribution in [2.45, 2.75) is 114 Å². The largest absolute Gasteiger partial charge is 0.490 e. The summed E-state index contributed by atoms with van der Waals surface area (Å²) in [5.41, 5.74) is -5.51. The summed E-state index contributed by atoms with van der Waals surface area (Å²) in [5, 5.41) is 13.2. The van der Waals surface area contributed by atoms with E-state index in [1.165, 1.54) is 4.90 Å². The molecule has 2 aliphatic heterocycles. The van der Waals surface area contributed by atoms with Gasteiger partial charge in [-0.15, -0.1) is 11.3 Å². The molecule has 56 heavy (non-hydrogen) atoms. The fraction of sp³-hybridized carbons (Fsp3) is 0.550. The van der Waals surface area contributed by atoms with Crippen molar-refractivity contribution in [2.75, 3.05) is 19.6 Å². The fourth-order valence-electron chi connectivity index (χ4n) is 8.43. The van der Waals surface area contributed by atoms with Gasteiger partial charge < -0.3 is 24.4 Å². The fourth-order valence-corrected chi connectivity index (χ4v) is 9.11. The third-order valence-corrected chi connectivity index (χ3v) is 12.6. The van der Waals surface area contributed by atoms with E-state index in [2.05, 4.69) is 4.98 Å². The lowest BCUT2D eigenvalue weighted by Crippen LogP contribution is -2.68. The number of ketones is 1. The Kier molecular flexibility index (Phi) is 11.6. The first kappa shape index (κ1) is 41.5. The van der Waals surface area contributed by atoms with Crippen LogP contribution in [-0.4, -0.2) is 74.9 Å². The summed E-state index contributed by atoms with van der Waals surface area (Å²) in [5.74, 6) is -1.43. The number of ether oxygens (including phenoxy) is 2. The number of piperidine rings is 2. The highest BCUT2D eigenvalue weighted by atomic mass is 32.1. The van der Waals surface area contributed by atoms with E-state index >= 15 is 0 Å². The second kappa shape index (κ2) is 15.6. The first-order chi connectivity index (χ1) is 26.3. The molecule has 0 spiro atoms. The molecule has 0 bridgehead atoms. The van der Waals surface area contributed by atoms with Gasteiger partial charge in [0.1, 0.15) is 27.9 Å². The molecule has 0 unspecified atom stereocenters. The highest BCUT2D eigenvalue weighted by Gasteiger charge is 2.57. The van der Waals surface area contributed by atoms with Crippen molar-refractivity contribution in [3.63, 3.8) is 0 Å². The zero-order valence-electron chi connectivity index (χ0n) is 31.3. The third kappa shape index (κ3) is 8.13. The van der Waals surface area contributed by atoms with Crippen molar-refractivity contribution in [1.29, 1.82) is 0 Å². The predicted molar refractivity (Wildman–Crippen MR) is 194 cm³/mol. The molecule has 1 aliphatic carbocycles. The molecule has 2 amide bonds. The highest BCUT2D eigenvalue weighted by Crippen LogP contribution is 2.46. The van der Waals surface area contributed by atoms with E-state index < -0.39 is 63.0 Å². The van der Waals surface area contributed by atoms with Gasteiger partial charge >= 0.3 is 12.4 Å². The SMILES string of the molecule is CCC[C@H]1N(C(=O)c2ncccc2C(F)(F)F)CCC[C@@]1(Oc1csc(C(F)(F)F)c1)C(=O)N1CCC(O)(c2ccccc2O[C@@H]2CC[C@](C)(C(C)=O)C2)CC1. The second-order valence-electron chi connectivity index (χ2n) is 15.4. The quantitative estimate of drug-likeness (QED) is 0.205. The van der Waals surface area contributed by atoms with Crippen LogP contribution in [0.2, 0.25) is 0 Å². The van der Waals surface area contributed by atoms with Gasteiger partial charge in [0.2, 0.25) is 5.60 Å². The first-order valence-corrected chi connectivity index (χ1v) is 19.7. The van der Waals surface area contributed by atoms with Gasteiger partial charge in [0.15, 0.2) is 0 Å². The van der Waals surface area contributed by atoms with Gasteiger partial charge in [-0.1, -0.05) is 38.5 Å². The Balaban J connectivity index is 1.31. The van der Waals surface area contributed by atoms with E-state index in [1.807, 2.05) is 6.92 Å². The lowest BCUT2D eigenvalue weighted by Gasteiger charge is -2.51. The van der Waals surface area contributed by atoms with Gasteiger partial charge in [-0.2, -0.15) is 26.3 Å². The summed E-state index contributed by atoms with van der Waals surface area (Å²) >= 11 is 0.373. The van der Waals surface area contributed by atoms with Crippen LogP contribution >= 0.6 is 11.3 Å². The van der Waals surface area contributed by atoms with Crippen LogP contribution in [0.4, 0.5) is 26.3 Å². The number of carbonyl (C=O) groups excluding carboxylic acids is 3. The molecule has 3 aliphatic rings. The van der Waals surface area contributed by atoms with Crippen LogP contribution in [-0.2, 0) is 27.5 Å². The maximum absolute atomic E-state index is 15.0. The molecular formula is C40H45F6N3O6S. The van der Waals surface area contributed by atoms with Crippen LogP contribution in [0.3, 0.4) is 0 Å². The number of Topliss-reactive ketones (excluding diaryl/α,β-unsaturated/α-hetero) is 1. The number of nitrogens with zero attached hydrogens (tertiary/aromatic N) is 3. The number of para-hydroxylation sites is 1. The van der Waals surface area contributed by atoms with E-state index in [0.29, 0.717) is 48.3 Å². The molecule has 0 radical (unpaired) electrons. The molecule has 16 heteroatoms. The maximum atomic E-state index is 15.0. The van der Waals surface area contributed by atoms with Crippen molar-refractivity contribution in [2.24, 2.45) is 5.41 Å². The van der Waals surface area contributed by atoms with Crippen molar-refractivity contribution in [3.8, 4) is 11.5 Å². The van der Waals surface area contributed by atoms with Gasteiger partial charge in [0.25, 0.3) is 11.8 Å². The van der Waals surface area contributed by atoms with E-state index in [4.69, 9.17) is 9.47 Å². The number of amides is 2. The number of rotatable bonds is 10. The molecule has 4 atom stereocenters. The van der Waals surface area contributed by atoms with Gasteiger partial charge in [-0.25, -0.2) is 0 Å². The van der Waals surface area contributed by atoms with E-state index in [0.717, 1.165) is 34.7 Å². The van der Waals surface area contributed by atoms with Crippen molar-refractivity contribution >= 4 is 28.9 Å². The minimum absolute atomic E-state index is 0.0106. The second-order valence-corrected chi connectivity index (χ2v) is 16.3. The Morgan fingerprint density at radius 2 is 1.70 bits per heavy atom. The Labute approximate surface area is 325 Å². The van der Waals surface area contributed by atoms with Crippen molar-refractivity contribution in [3.05, 3.63) is 75.7 Å². The lowest BCUT2D eigenvalue weighted by atomic mass is 9.78. The van der Waals surface area contributed by atoms with E-state index in [-0.39, 0.29) is 69.4 Å². The number of thiophene rings is 1. The van der Waals surface area contributed by atoms with Crippen LogP contribution in [0.25, 0.3) is 0 Å². The maximum Gasteiger partial charge on any atom is 0.425 e. The number of benzene rings is 1. The Morgan fingerprint density at radius 1 is 0.982 bits per heavy atom. The predicted octanol–water partition coefficient (Wildman–Crippen LogP) is 8.44. The first-order valence-electron chi connectivity index (χ1n) is 18.8. The molecule has 2 saturated heterocycles. The zero-order valence-corrected chi connectivity index (χ0v) is 32.2. The number of likely N-dealkylation sites (tertiary alicyclic amines) is 2. The number of aromatic nitrogens is 1. The number of aliphatic hydroxyl groups is 1. The van der Waals surface area contributed by atoms with E-state index in [1.54, 1.807) is 38.1 Å². The van der Waals surface area contributed by atoms with Gasteiger partial charge in [-0.3, -0.25) is 19.4 Å². The Bertz CT molecular complexity index is 1930. The third-order valence-electron chi connectivity index (χ3n) is 11.6. The topological polar surface area (TPSA) is 109 Å². The van der Waals surface area contributed by atoms with Crippen molar-refractivity contribution in [1.82, 2.24) is 14.8 Å². The van der Waals surface area contributed by atoms with Gasteiger partial charge in [0.05, 0.1) is 23.3 Å². The minimum atomic E-state index is -4.91. The smallest absolute Gasteiger partial charge is 0.425 e. The Hall–Kier alpha value is -4.18. The summed E-state index contributed by atoms with van der Waals surface area (Å²) in [7, 11) is 0. The molecule has 3 aromatic rings. The molecule has 1 aromatic carbocycles. The van der Waals surface area contributed by atoms with Crippen LogP contribution in [0.1, 0.15) is 105 Å². The summed E-state index contributed by atoms with van der Waals surface area (Å²) in [6, 6.07) is 8.45. The molecule has 9 nitrogen and oxygen atoms in total. The molecule has 1 saturated carbocycles. The number of hydrogen-bond donors (Lipinski definition) is 1. The molecule has 1 N–H and O–H groups in total. The minimum Gasteiger partial charge on any atom is -0.490 e. The number of halogens is 6. The summed E-state index contributed by atoms with van der Waals surface area (Å²) < 4.78 is 96.1. The molecule has 6 rings (SSSR count). The van der Waals surface area contributed by atoms with E-state index in [9.17, 15) is 45.8 Å². The van der Waals surface area contributed by atoms with Crippen LogP contribution in [0, 0.1) is 5.41 Å². The zero-order chi connectivity index (χ0) is 40.7. The van der Waals surface area contributed by atoms with Gasteiger partial charge in [-0.05, 0) is 70.1 Å². The van der Waals surface area contributed by atoms with Crippen LogP contribution in [0.15, 0.2) is 54.0 Å². The lowest BCUT2D eigenvalue weighted by molar-refractivity contribution is -0.163. The molecular weight excluding hydrogens is 765 g/mol. The normalized spacial score (nSPS) is 25.5. The van der Waals surface area contributed by atoms with Crippen LogP contribution in [0.5, 0.6) is 11.5 Å². The summed E-state index contributed by atoms with van der Waals surface area (Å²) in [6.07, 6.45) is -6.34. The average Bonchev–Trinajstić information content (AvgIpc) is 3.79.